The Balaban J connectivity index is 2.16. The molecule has 0 aliphatic rings. The highest BCUT2D eigenvalue weighted by molar-refractivity contribution is 7.13. The number of thiazole rings is 1. The normalized spacial score (nSPS) is 10.9. The van der Waals surface area contributed by atoms with Crippen LogP contribution in [0.5, 0.6) is 0 Å². The van der Waals surface area contributed by atoms with Gasteiger partial charge in [0.2, 0.25) is 17.3 Å². The molecule has 2 aromatic rings. The Labute approximate surface area is 142 Å². The van der Waals surface area contributed by atoms with Crippen molar-refractivity contribution in [1.82, 2.24) is 9.88 Å². The lowest BCUT2D eigenvalue weighted by molar-refractivity contribution is 0.388. The molecule has 0 saturated carbocycles. The maximum atomic E-state index is 8.61. The molecule has 2 rings (SSSR count). The molecule has 124 valence electrons. The lowest BCUT2D eigenvalue weighted by atomic mass is 10.3. The first-order valence-corrected chi connectivity index (χ1v) is 7.63. The van der Waals surface area contributed by atoms with Gasteiger partial charge in [0.25, 0.3) is 0 Å². The number of furan rings is 1. The van der Waals surface area contributed by atoms with Crippen molar-refractivity contribution in [2.75, 3.05) is 6.54 Å². The van der Waals surface area contributed by atoms with Crippen LogP contribution in [0.3, 0.4) is 0 Å². The lowest BCUT2D eigenvalue weighted by Crippen LogP contribution is -2.36. The van der Waals surface area contributed by atoms with Crippen LogP contribution < -0.4 is 17.2 Å². The Hall–Kier alpha value is -3.32. The molecule has 0 aliphatic carbocycles. The molecule has 10 heteroatoms. The van der Waals surface area contributed by atoms with Gasteiger partial charge < -0.3 is 26.5 Å². The molecule has 0 unspecified atom stereocenters. The first kappa shape index (κ1) is 17.0. The van der Waals surface area contributed by atoms with Crippen molar-refractivity contribution in [3.63, 3.8) is 0 Å². The fourth-order valence-corrected chi connectivity index (χ4v) is 2.54. The van der Waals surface area contributed by atoms with E-state index in [0.717, 1.165) is 0 Å². The predicted molar refractivity (Wildman–Crippen MR) is 93.1 cm³/mol. The number of nitrogens with zero attached hydrogens (tertiary/aromatic N) is 5. The smallest absolute Gasteiger partial charge is 0.212 e. The third kappa shape index (κ3) is 4.34. The second-order valence-electron chi connectivity index (χ2n) is 4.56. The minimum absolute atomic E-state index is 0.0524. The average molecular weight is 344 g/mol. The van der Waals surface area contributed by atoms with Crippen molar-refractivity contribution in [3.8, 4) is 17.6 Å². The Kier molecular flexibility index (Phi) is 5.54. The first-order chi connectivity index (χ1) is 11.5. The summed E-state index contributed by atoms with van der Waals surface area (Å²) in [5, 5.41) is 10.8. The lowest BCUT2D eigenvalue weighted by Gasteiger charge is -2.19. The van der Waals surface area contributed by atoms with Crippen LogP contribution in [-0.2, 0) is 6.54 Å². The van der Waals surface area contributed by atoms with E-state index in [1.54, 1.807) is 34.7 Å². The predicted octanol–water partition coefficient (Wildman–Crippen LogP) is 1.09. The van der Waals surface area contributed by atoms with Gasteiger partial charge in [-0.1, -0.05) is 6.08 Å². The van der Waals surface area contributed by atoms with Crippen LogP contribution in [0, 0.1) is 11.5 Å². The van der Waals surface area contributed by atoms with E-state index in [1.807, 2.05) is 0 Å². The van der Waals surface area contributed by atoms with E-state index in [2.05, 4.69) is 21.5 Å². The molecular formula is C14H16N8OS. The largest absolute Gasteiger partial charge is 0.458 e. The van der Waals surface area contributed by atoms with Crippen LogP contribution in [-0.4, -0.2) is 28.3 Å². The minimum Gasteiger partial charge on any atom is -0.458 e. The fraction of sp³-hybridized carbons (Fsp3) is 0.143. The summed E-state index contributed by atoms with van der Waals surface area (Å²) in [5.41, 5.74) is 17.0. The molecular weight excluding hydrogens is 328 g/mol. The molecule has 24 heavy (non-hydrogen) atoms. The quantitative estimate of drug-likeness (QED) is 0.306. The van der Waals surface area contributed by atoms with Gasteiger partial charge in [0.05, 0.1) is 6.54 Å². The van der Waals surface area contributed by atoms with E-state index in [4.69, 9.17) is 26.9 Å². The highest BCUT2D eigenvalue weighted by atomic mass is 32.1. The molecule has 9 nitrogen and oxygen atoms in total. The van der Waals surface area contributed by atoms with Crippen LogP contribution in [0.1, 0.15) is 5.76 Å². The van der Waals surface area contributed by atoms with Crippen molar-refractivity contribution >= 4 is 28.4 Å². The van der Waals surface area contributed by atoms with Gasteiger partial charge in [-0.15, -0.1) is 22.9 Å². The van der Waals surface area contributed by atoms with E-state index in [9.17, 15) is 0 Å². The van der Waals surface area contributed by atoms with Gasteiger partial charge in [-0.05, 0) is 12.1 Å². The number of nitriles is 1. The summed E-state index contributed by atoms with van der Waals surface area (Å²) in [7, 11) is 0. The van der Waals surface area contributed by atoms with Gasteiger partial charge in [-0.25, -0.2) is 4.98 Å². The van der Waals surface area contributed by atoms with Gasteiger partial charge in [0.1, 0.15) is 11.5 Å². The van der Waals surface area contributed by atoms with Crippen molar-refractivity contribution in [2.24, 2.45) is 27.2 Å². The summed E-state index contributed by atoms with van der Waals surface area (Å²) < 4.78 is 5.76. The van der Waals surface area contributed by atoms with Crippen LogP contribution in [0.25, 0.3) is 11.5 Å². The SMILES string of the molecule is C=CCN(Cc1ccc(-c2csc(N=C(N)N)n2)o1)C(N)=NC#N. The maximum Gasteiger partial charge on any atom is 0.212 e. The van der Waals surface area contributed by atoms with E-state index < -0.39 is 0 Å². The number of aromatic nitrogens is 1. The molecule has 2 heterocycles. The number of hydrogen-bond donors (Lipinski definition) is 3. The number of aliphatic imine (C=N–C) groups is 2. The number of guanidine groups is 2. The third-order valence-corrected chi connectivity index (χ3v) is 3.55. The first-order valence-electron chi connectivity index (χ1n) is 6.75. The summed E-state index contributed by atoms with van der Waals surface area (Å²) in [6.45, 7) is 4.43. The molecule has 0 fully saturated rings. The Morgan fingerprint density at radius 2 is 2.25 bits per heavy atom. The summed E-state index contributed by atoms with van der Waals surface area (Å²) >= 11 is 1.30. The van der Waals surface area contributed by atoms with Crippen LogP contribution >= 0.6 is 11.3 Å². The van der Waals surface area contributed by atoms with Gasteiger partial charge >= 0.3 is 0 Å². The Bertz CT molecular complexity index is 809. The molecule has 0 saturated heterocycles. The number of rotatable bonds is 6. The molecule has 0 atom stereocenters. The summed E-state index contributed by atoms with van der Waals surface area (Å²) in [5.74, 6) is 1.26. The molecule has 0 bridgehead atoms. The second kappa shape index (κ2) is 7.80. The number of hydrogen-bond acceptors (Lipinski definition) is 6. The van der Waals surface area contributed by atoms with Gasteiger partial charge in [0, 0.05) is 11.9 Å². The van der Waals surface area contributed by atoms with Crippen molar-refractivity contribution in [1.29, 1.82) is 5.26 Å². The van der Waals surface area contributed by atoms with Crippen molar-refractivity contribution in [3.05, 3.63) is 35.9 Å². The Morgan fingerprint density at radius 3 is 2.92 bits per heavy atom. The monoisotopic (exact) mass is 344 g/mol. The fourth-order valence-electron chi connectivity index (χ4n) is 1.84. The van der Waals surface area contributed by atoms with E-state index >= 15 is 0 Å². The Morgan fingerprint density at radius 1 is 1.46 bits per heavy atom. The molecule has 0 aromatic carbocycles. The average Bonchev–Trinajstić information content (AvgIpc) is 3.15. The zero-order chi connectivity index (χ0) is 17.5. The highest BCUT2D eigenvalue weighted by Crippen LogP contribution is 2.28. The zero-order valence-corrected chi connectivity index (χ0v) is 13.5. The van der Waals surface area contributed by atoms with E-state index in [0.29, 0.717) is 35.4 Å². The summed E-state index contributed by atoms with van der Waals surface area (Å²) in [6, 6.07) is 3.58. The summed E-state index contributed by atoms with van der Waals surface area (Å²) in [6.07, 6.45) is 3.31. The molecule has 0 spiro atoms. The molecule has 2 aromatic heterocycles. The van der Waals surface area contributed by atoms with Gasteiger partial charge in [-0.2, -0.15) is 10.3 Å². The van der Waals surface area contributed by atoms with Gasteiger partial charge in [-0.3, -0.25) is 0 Å². The van der Waals surface area contributed by atoms with Gasteiger partial charge in [0.15, 0.2) is 11.7 Å². The standard InChI is InChI=1S/C14H16N8OS/c1-2-5-22(13(18)19-8-15)6-9-3-4-11(23-9)10-7-24-14(20-10)21-12(16)17/h2-4,7H,1,5-6H2,(H2,18,19)(H4,16,17,20,21). The second-order valence-corrected chi connectivity index (χ2v) is 5.39. The van der Waals surface area contributed by atoms with Crippen molar-refractivity contribution < 1.29 is 4.42 Å². The van der Waals surface area contributed by atoms with E-state index in [1.165, 1.54) is 11.3 Å². The van der Waals surface area contributed by atoms with Crippen LogP contribution in [0.2, 0.25) is 0 Å². The van der Waals surface area contributed by atoms with Crippen LogP contribution in [0.4, 0.5) is 5.13 Å². The molecule has 6 N–H and O–H groups in total. The number of nitrogens with two attached hydrogens (primary N) is 3. The highest BCUT2D eigenvalue weighted by Gasteiger charge is 2.13. The molecule has 0 aliphatic heterocycles. The maximum absolute atomic E-state index is 8.61. The zero-order valence-electron chi connectivity index (χ0n) is 12.7. The third-order valence-electron chi connectivity index (χ3n) is 2.82. The molecule has 0 amide bonds. The van der Waals surface area contributed by atoms with E-state index in [-0.39, 0.29) is 11.9 Å². The van der Waals surface area contributed by atoms with Crippen molar-refractivity contribution in [2.45, 2.75) is 6.54 Å². The summed E-state index contributed by atoms with van der Waals surface area (Å²) in [4.78, 5) is 13.3. The topological polar surface area (TPSA) is 156 Å². The molecule has 0 radical (unpaired) electrons. The van der Waals surface area contributed by atoms with Crippen LogP contribution in [0.15, 0.2) is 44.6 Å². The minimum atomic E-state index is -0.0524.